The van der Waals surface area contributed by atoms with E-state index in [-0.39, 0.29) is 0 Å². The molecule has 0 spiro atoms. The molecule has 1 saturated carbocycles. The molecule has 1 aliphatic carbocycles. The fourth-order valence-electron chi connectivity index (χ4n) is 2.77. The molecule has 1 aliphatic rings. The number of hydrogen-bond donors (Lipinski definition) is 0. The first-order valence-corrected chi connectivity index (χ1v) is 5.30. The van der Waals surface area contributed by atoms with Crippen molar-refractivity contribution in [1.29, 1.82) is 0 Å². The van der Waals surface area contributed by atoms with Crippen LogP contribution in [0.4, 0.5) is 0 Å². The molecule has 0 aromatic heterocycles. The van der Waals surface area contributed by atoms with E-state index in [0.29, 0.717) is 5.41 Å². The van der Waals surface area contributed by atoms with Gasteiger partial charge in [0.25, 0.3) is 0 Å². The molecule has 0 aromatic carbocycles. The maximum atomic E-state index is 5.25. The Bertz CT molecular complexity index is 176. The van der Waals surface area contributed by atoms with Gasteiger partial charge >= 0.3 is 0 Å². The van der Waals surface area contributed by atoms with Gasteiger partial charge < -0.3 is 4.74 Å². The first-order chi connectivity index (χ1) is 6.20. The van der Waals surface area contributed by atoms with Gasteiger partial charge in [-0.1, -0.05) is 26.3 Å². The van der Waals surface area contributed by atoms with E-state index in [2.05, 4.69) is 20.4 Å². The molecule has 0 radical (unpaired) electrons. The van der Waals surface area contributed by atoms with Crippen LogP contribution in [0.3, 0.4) is 0 Å². The smallest absolute Gasteiger partial charge is 0.0498 e. The second-order valence-electron chi connectivity index (χ2n) is 4.45. The summed E-state index contributed by atoms with van der Waals surface area (Å²) < 4.78 is 5.25. The molecule has 13 heavy (non-hydrogen) atoms. The quantitative estimate of drug-likeness (QED) is 0.573. The number of rotatable bonds is 6. The molecule has 1 fully saturated rings. The summed E-state index contributed by atoms with van der Waals surface area (Å²) in [6, 6.07) is 0. The van der Waals surface area contributed by atoms with Gasteiger partial charge in [-0.15, -0.1) is 6.58 Å². The van der Waals surface area contributed by atoms with E-state index in [0.717, 1.165) is 24.9 Å². The lowest BCUT2D eigenvalue weighted by Crippen LogP contribution is -2.02. The van der Waals surface area contributed by atoms with Crippen molar-refractivity contribution in [2.45, 2.75) is 33.1 Å². The molecule has 0 saturated heterocycles. The van der Waals surface area contributed by atoms with Crippen LogP contribution >= 0.6 is 0 Å². The zero-order valence-electron chi connectivity index (χ0n) is 9.18. The Balaban J connectivity index is 2.48. The second kappa shape index (κ2) is 4.28. The topological polar surface area (TPSA) is 9.23 Å². The first-order valence-electron chi connectivity index (χ1n) is 5.30. The fraction of sp³-hybridized carbons (Fsp3) is 0.833. The third-order valence-corrected chi connectivity index (χ3v) is 3.63. The van der Waals surface area contributed by atoms with E-state index in [1.54, 1.807) is 7.11 Å². The molecule has 3 atom stereocenters. The summed E-state index contributed by atoms with van der Waals surface area (Å²) in [5, 5.41) is 0. The zero-order chi connectivity index (χ0) is 9.90. The summed E-state index contributed by atoms with van der Waals surface area (Å²) in [6.07, 6.45) is 5.82. The van der Waals surface area contributed by atoms with Gasteiger partial charge in [-0.2, -0.15) is 0 Å². The van der Waals surface area contributed by atoms with E-state index in [1.807, 2.05) is 6.08 Å². The molecule has 0 N–H and O–H groups in total. The van der Waals surface area contributed by atoms with Gasteiger partial charge in [0.1, 0.15) is 0 Å². The maximum absolute atomic E-state index is 5.25. The van der Waals surface area contributed by atoms with Crippen LogP contribution < -0.4 is 0 Å². The van der Waals surface area contributed by atoms with Crippen LogP contribution in [0.2, 0.25) is 0 Å². The molecule has 0 unspecified atom stereocenters. The highest BCUT2D eigenvalue weighted by atomic mass is 16.5. The average molecular weight is 182 g/mol. The van der Waals surface area contributed by atoms with Gasteiger partial charge in [0, 0.05) is 13.7 Å². The Morgan fingerprint density at radius 1 is 1.46 bits per heavy atom. The molecule has 0 aromatic rings. The molecule has 0 aliphatic heterocycles. The van der Waals surface area contributed by atoms with E-state index in [1.165, 1.54) is 12.8 Å². The Kier molecular flexibility index (Phi) is 3.55. The van der Waals surface area contributed by atoms with E-state index in [4.69, 9.17) is 4.74 Å². The van der Waals surface area contributed by atoms with Crippen molar-refractivity contribution >= 4 is 0 Å². The Labute approximate surface area is 82.2 Å². The van der Waals surface area contributed by atoms with Crippen LogP contribution in [0.15, 0.2) is 12.7 Å². The Hall–Kier alpha value is -0.300. The van der Waals surface area contributed by atoms with E-state index in [9.17, 15) is 0 Å². The highest BCUT2D eigenvalue weighted by Crippen LogP contribution is 2.63. The van der Waals surface area contributed by atoms with Gasteiger partial charge in [0.05, 0.1) is 0 Å². The lowest BCUT2D eigenvalue weighted by Gasteiger charge is -2.09. The summed E-state index contributed by atoms with van der Waals surface area (Å²) >= 11 is 0. The number of methoxy groups -OCH3 is 1. The normalized spacial score (nSPS) is 37.5. The molecule has 0 bridgehead atoms. The molecule has 1 heteroatoms. The third kappa shape index (κ3) is 1.96. The minimum absolute atomic E-state index is 0.541. The summed E-state index contributed by atoms with van der Waals surface area (Å²) in [5.41, 5.74) is 0.541. The van der Waals surface area contributed by atoms with Crippen molar-refractivity contribution in [1.82, 2.24) is 0 Å². The molecule has 76 valence electrons. The van der Waals surface area contributed by atoms with Crippen molar-refractivity contribution in [3.8, 4) is 0 Å². The SMILES string of the molecule is C=CC[C@@H]1[C@H](COC)[C@@]1(C)CCC. The largest absolute Gasteiger partial charge is 0.384 e. The molecule has 1 rings (SSSR count). The molecule has 0 amide bonds. The van der Waals surface area contributed by atoms with Crippen molar-refractivity contribution in [2.24, 2.45) is 17.3 Å². The van der Waals surface area contributed by atoms with Crippen LogP contribution in [0.25, 0.3) is 0 Å². The van der Waals surface area contributed by atoms with Crippen LogP contribution in [-0.2, 0) is 4.74 Å². The van der Waals surface area contributed by atoms with Gasteiger partial charge in [-0.3, -0.25) is 0 Å². The van der Waals surface area contributed by atoms with Crippen LogP contribution in [-0.4, -0.2) is 13.7 Å². The average Bonchev–Trinajstić information content (AvgIpc) is 2.61. The highest BCUT2D eigenvalue weighted by molar-refractivity contribution is 5.08. The summed E-state index contributed by atoms with van der Waals surface area (Å²) in [7, 11) is 1.80. The predicted molar refractivity (Wildman–Crippen MR) is 56.7 cm³/mol. The van der Waals surface area contributed by atoms with Crippen LogP contribution in [0.5, 0.6) is 0 Å². The third-order valence-electron chi connectivity index (χ3n) is 3.63. The van der Waals surface area contributed by atoms with Crippen molar-refractivity contribution in [3.63, 3.8) is 0 Å². The number of allylic oxidation sites excluding steroid dienone is 1. The van der Waals surface area contributed by atoms with Gasteiger partial charge in [-0.25, -0.2) is 0 Å². The molecular weight excluding hydrogens is 160 g/mol. The fourth-order valence-corrected chi connectivity index (χ4v) is 2.77. The van der Waals surface area contributed by atoms with Gasteiger partial charge in [0.2, 0.25) is 0 Å². The highest BCUT2D eigenvalue weighted by Gasteiger charge is 2.58. The van der Waals surface area contributed by atoms with E-state index >= 15 is 0 Å². The van der Waals surface area contributed by atoms with Crippen molar-refractivity contribution in [2.75, 3.05) is 13.7 Å². The standard InChI is InChI=1S/C12H22O/c1-5-7-10-11(9-13-4)12(10,3)8-6-2/h5,10-11H,1,6-9H2,2-4H3/t10-,11+,12+/m1/s1. The minimum Gasteiger partial charge on any atom is -0.384 e. The maximum Gasteiger partial charge on any atom is 0.0498 e. The number of ether oxygens (including phenoxy) is 1. The molecule has 1 nitrogen and oxygen atoms in total. The molecule has 0 heterocycles. The van der Waals surface area contributed by atoms with Gasteiger partial charge in [0.15, 0.2) is 0 Å². The summed E-state index contributed by atoms with van der Waals surface area (Å²) in [4.78, 5) is 0. The lowest BCUT2D eigenvalue weighted by molar-refractivity contribution is 0.169. The van der Waals surface area contributed by atoms with Crippen LogP contribution in [0.1, 0.15) is 33.1 Å². The van der Waals surface area contributed by atoms with E-state index < -0.39 is 0 Å². The minimum atomic E-state index is 0.541. The van der Waals surface area contributed by atoms with Crippen molar-refractivity contribution < 1.29 is 4.74 Å². The summed E-state index contributed by atoms with van der Waals surface area (Å²) in [6.45, 7) is 9.41. The van der Waals surface area contributed by atoms with Gasteiger partial charge in [-0.05, 0) is 30.1 Å². The van der Waals surface area contributed by atoms with Crippen molar-refractivity contribution in [3.05, 3.63) is 12.7 Å². The molecular formula is C12H22O. The monoisotopic (exact) mass is 182 g/mol. The number of hydrogen-bond acceptors (Lipinski definition) is 1. The Morgan fingerprint density at radius 2 is 2.15 bits per heavy atom. The Morgan fingerprint density at radius 3 is 2.62 bits per heavy atom. The second-order valence-corrected chi connectivity index (χ2v) is 4.45. The summed E-state index contributed by atoms with van der Waals surface area (Å²) in [5.74, 6) is 1.60. The van der Waals surface area contributed by atoms with Crippen LogP contribution in [0, 0.1) is 17.3 Å². The lowest BCUT2D eigenvalue weighted by atomic mass is 9.98. The first kappa shape index (κ1) is 10.8. The zero-order valence-corrected chi connectivity index (χ0v) is 9.18. The predicted octanol–water partition coefficient (Wildman–Crippen LogP) is 3.26.